The molecular formula is C12H22F3N3O2. The molecule has 0 aromatic carbocycles. The van der Waals surface area contributed by atoms with Crippen molar-refractivity contribution in [2.75, 3.05) is 27.2 Å². The molecule has 0 saturated carbocycles. The molecule has 0 rings (SSSR count). The van der Waals surface area contributed by atoms with Gasteiger partial charge in [-0.1, -0.05) is 13.3 Å². The highest BCUT2D eigenvalue weighted by molar-refractivity contribution is 5.84. The van der Waals surface area contributed by atoms with Crippen molar-refractivity contribution in [2.45, 2.75) is 38.4 Å². The molecule has 0 aromatic rings. The van der Waals surface area contributed by atoms with Gasteiger partial charge in [0.15, 0.2) is 0 Å². The molecule has 0 radical (unpaired) electrons. The van der Waals surface area contributed by atoms with E-state index in [1.54, 1.807) is 0 Å². The number of carbonyl (C=O) groups excluding carboxylic acids is 2. The molecule has 0 aliphatic rings. The standard InChI is InChI=1S/C12H22F3N3O2/c1-4-5-9(16)6-10(19)18(8-12(13,14)15)7-11(20)17(2)3/h9H,4-8,16H2,1-3H3. The molecular weight excluding hydrogens is 275 g/mol. The van der Waals surface area contributed by atoms with Crippen molar-refractivity contribution < 1.29 is 22.8 Å². The van der Waals surface area contributed by atoms with Crippen molar-refractivity contribution in [3.63, 3.8) is 0 Å². The van der Waals surface area contributed by atoms with Gasteiger partial charge < -0.3 is 15.5 Å². The van der Waals surface area contributed by atoms with Crippen molar-refractivity contribution in [3.05, 3.63) is 0 Å². The summed E-state index contributed by atoms with van der Waals surface area (Å²) in [6.07, 6.45) is -3.45. The number of hydrogen-bond acceptors (Lipinski definition) is 3. The maximum Gasteiger partial charge on any atom is 0.406 e. The molecule has 0 heterocycles. The number of rotatable bonds is 7. The molecule has 0 aliphatic heterocycles. The summed E-state index contributed by atoms with van der Waals surface area (Å²) >= 11 is 0. The molecule has 118 valence electrons. The zero-order chi connectivity index (χ0) is 15.9. The number of nitrogens with zero attached hydrogens (tertiary/aromatic N) is 2. The molecule has 1 atom stereocenters. The fraction of sp³-hybridized carbons (Fsp3) is 0.833. The van der Waals surface area contributed by atoms with Gasteiger partial charge in [-0.2, -0.15) is 13.2 Å². The van der Waals surface area contributed by atoms with E-state index in [2.05, 4.69) is 0 Å². The predicted octanol–water partition coefficient (Wildman–Crippen LogP) is 0.983. The van der Waals surface area contributed by atoms with Crippen molar-refractivity contribution in [3.8, 4) is 0 Å². The fourth-order valence-corrected chi connectivity index (χ4v) is 1.58. The quantitative estimate of drug-likeness (QED) is 0.762. The SMILES string of the molecule is CCCC(N)CC(=O)N(CC(=O)N(C)C)CC(F)(F)F. The molecule has 5 nitrogen and oxygen atoms in total. The summed E-state index contributed by atoms with van der Waals surface area (Å²) in [5.74, 6) is -1.31. The van der Waals surface area contributed by atoms with Crippen LogP contribution in [-0.2, 0) is 9.59 Å². The van der Waals surface area contributed by atoms with Crippen LogP contribution in [0.4, 0.5) is 13.2 Å². The monoisotopic (exact) mass is 297 g/mol. The minimum absolute atomic E-state index is 0.190. The van der Waals surface area contributed by atoms with Crippen molar-refractivity contribution in [1.82, 2.24) is 9.80 Å². The van der Waals surface area contributed by atoms with Crippen molar-refractivity contribution in [1.29, 1.82) is 0 Å². The number of halogens is 3. The number of likely N-dealkylation sites (N-methyl/N-ethyl adjacent to an activating group) is 1. The average Bonchev–Trinajstić information content (AvgIpc) is 2.26. The van der Waals surface area contributed by atoms with Crippen LogP contribution in [0.5, 0.6) is 0 Å². The molecule has 0 spiro atoms. The van der Waals surface area contributed by atoms with E-state index in [1.165, 1.54) is 14.1 Å². The summed E-state index contributed by atoms with van der Waals surface area (Å²) in [4.78, 5) is 25.0. The van der Waals surface area contributed by atoms with Crippen LogP contribution in [0.1, 0.15) is 26.2 Å². The van der Waals surface area contributed by atoms with Gasteiger partial charge in [0.25, 0.3) is 0 Å². The lowest BCUT2D eigenvalue weighted by atomic mass is 10.1. The molecule has 8 heteroatoms. The Bertz CT molecular complexity index is 332. The van der Waals surface area contributed by atoms with Gasteiger partial charge in [0.1, 0.15) is 13.1 Å². The zero-order valence-corrected chi connectivity index (χ0v) is 12.0. The molecule has 20 heavy (non-hydrogen) atoms. The smallest absolute Gasteiger partial charge is 0.347 e. The van der Waals surface area contributed by atoms with Crippen LogP contribution < -0.4 is 5.73 Å². The maximum atomic E-state index is 12.5. The van der Waals surface area contributed by atoms with Crippen molar-refractivity contribution >= 4 is 11.8 Å². The Balaban J connectivity index is 4.74. The highest BCUT2D eigenvalue weighted by atomic mass is 19.4. The molecule has 0 bridgehead atoms. The molecule has 0 saturated heterocycles. The summed E-state index contributed by atoms with van der Waals surface area (Å²) < 4.78 is 37.4. The summed E-state index contributed by atoms with van der Waals surface area (Å²) in [6.45, 7) is -0.165. The highest BCUT2D eigenvalue weighted by Crippen LogP contribution is 2.17. The maximum absolute atomic E-state index is 12.5. The van der Waals surface area contributed by atoms with E-state index in [0.29, 0.717) is 11.3 Å². The Labute approximate surface area is 116 Å². The first-order valence-electron chi connectivity index (χ1n) is 6.37. The van der Waals surface area contributed by atoms with Gasteiger partial charge in [0.2, 0.25) is 11.8 Å². The van der Waals surface area contributed by atoms with Crippen LogP contribution in [0, 0.1) is 0 Å². The van der Waals surface area contributed by atoms with Crippen LogP contribution in [0.25, 0.3) is 0 Å². The van der Waals surface area contributed by atoms with Crippen LogP contribution in [0.2, 0.25) is 0 Å². The van der Waals surface area contributed by atoms with Crippen molar-refractivity contribution in [2.24, 2.45) is 5.73 Å². The third-order valence-electron chi connectivity index (χ3n) is 2.64. The summed E-state index contributed by atoms with van der Waals surface area (Å²) in [5, 5.41) is 0. The van der Waals surface area contributed by atoms with Crippen LogP contribution in [-0.4, -0.2) is 61.0 Å². The normalized spacial score (nSPS) is 12.9. The number of hydrogen-bond donors (Lipinski definition) is 1. The lowest BCUT2D eigenvalue weighted by Gasteiger charge is -2.26. The average molecular weight is 297 g/mol. The summed E-state index contributed by atoms with van der Waals surface area (Å²) in [5.41, 5.74) is 5.65. The molecule has 0 aliphatic carbocycles. The second kappa shape index (κ2) is 8.08. The highest BCUT2D eigenvalue weighted by Gasteiger charge is 2.34. The van der Waals surface area contributed by atoms with Crippen LogP contribution in [0.15, 0.2) is 0 Å². The first-order chi connectivity index (χ1) is 9.06. The molecule has 2 N–H and O–H groups in total. The van der Waals surface area contributed by atoms with E-state index in [0.717, 1.165) is 11.3 Å². The molecule has 2 amide bonds. The number of alkyl halides is 3. The predicted molar refractivity (Wildman–Crippen MR) is 68.8 cm³/mol. The van der Waals surface area contributed by atoms with E-state index < -0.39 is 37.1 Å². The number of carbonyl (C=O) groups is 2. The van der Waals surface area contributed by atoms with Gasteiger partial charge in [-0.15, -0.1) is 0 Å². The molecule has 0 fully saturated rings. The summed E-state index contributed by atoms with van der Waals surface area (Å²) in [6, 6.07) is -0.488. The van der Waals surface area contributed by atoms with E-state index in [-0.39, 0.29) is 6.42 Å². The van der Waals surface area contributed by atoms with Crippen LogP contribution >= 0.6 is 0 Å². The zero-order valence-electron chi connectivity index (χ0n) is 12.0. The summed E-state index contributed by atoms with van der Waals surface area (Å²) in [7, 11) is 2.84. The lowest BCUT2D eigenvalue weighted by Crippen LogP contribution is -2.46. The largest absolute Gasteiger partial charge is 0.406 e. The molecule has 0 aromatic heterocycles. The Morgan fingerprint density at radius 2 is 1.75 bits per heavy atom. The van der Waals surface area contributed by atoms with Crippen LogP contribution in [0.3, 0.4) is 0 Å². The van der Waals surface area contributed by atoms with Gasteiger partial charge >= 0.3 is 6.18 Å². The van der Waals surface area contributed by atoms with Gasteiger partial charge in [0, 0.05) is 26.6 Å². The third-order valence-corrected chi connectivity index (χ3v) is 2.64. The van der Waals surface area contributed by atoms with Gasteiger partial charge in [-0.3, -0.25) is 9.59 Å². The van der Waals surface area contributed by atoms with E-state index in [1.807, 2.05) is 6.92 Å². The first kappa shape index (κ1) is 18.7. The Hall–Kier alpha value is -1.31. The Morgan fingerprint density at radius 3 is 2.15 bits per heavy atom. The topological polar surface area (TPSA) is 66.6 Å². The fourth-order valence-electron chi connectivity index (χ4n) is 1.58. The second-order valence-electron chi connectivity index (χ2n) is 4.91. The van der Waals surface area contributed by atoms with Gasteiger partial charge in [-0.05, 0) is 6.42 Å². The molecule has 1 unspecified atom stereocenters. The second-order valence-corrected chi connectivity index (χ2v) is 4.91. The first-order valence-corrected chi connectivity index (χ1v) is 6.37. The van der Waals surface area contributed by atoms with Gasteiger partial charge in [-0.25, -0.2) is 0 Å². The lowest BCUT2D eigenvalue weighted by molar-refractivity contribution is -0.164. The number of amides is 2. The Morgan fingerprint density at radius 1 is 1.20 bits per heavy atom. The Kier molecular flexibility index (Phi) is 7.55. The third kappa shape index (κ3) is 7.98. The number of nitrogens with two attached hydrogens (primary N) is 1. The minimum atomic E-state index is -4.54. The van der Waals surface area contributed by atoms with E-state index in [9.17, 15) is 22.8 Å². The van der Waals surface area contributed by atoms with Gasteiger partial charge in [0.05, 0.1) is 0 Å². The van der Waals surface area contributed by atoms with E-state index >= 15 is 0 Å². The van der Waals surface area contributed by atoms with E-state index in [4.69, 9.17) is 5.73 Å². The minimum Gasteiger partial charge on any atom is -0.347 e.